The van der Waals surface area contributed by atoms with E-state index in [0.29, 0.717) is 27.2 Å². The highest BCUT2D eigenvalue weighted by Crippen LogP contribution is 2.35. The fraction of sp³-hybridized carbons (Fsp3) is 0.522. The molecule has 12 nitrogen and oxygen atoms in total. The van der Waals surface area contributed by atoms with Crippen LogP contribution in [0.25, 0.3) is 10.3 Å². The van der Waals surface area contributed by atoms with Crippen molar-refractivity contribution in [3.05, 3.63) is 26.9 Å². The monoisotopic (exact) mass is 525 g/mol. The molecule has 13 heteroatoms. The Morgan fingerprint density at radius 3 is 2.19 bits per heavy atom. The van der Waals surface area contributed by atoms with Gasteiger partial charge in [-0.15, -0.1) is 0 Å². The molecule has 1 aromatic carbocycles. The standard InChI is InChI=1S/C23H27NO11S/c1-9-10(2)19-17(36-23(29)35-19)7-15(9)33-22-18(24-11(3)25)21(32-14(6)28)20(31-13(5)27)16(34-22)8-30-12(4)26/h7,16,18,20-22H,8H2,1-6H3,(H,24,25)/t16-,18+,20-,21-,22-/m1/s1. The van der Waals surface area contributed by atoms with Crippen LogP contribution >= 0.6 is 11.3 Å². The number of hydrogen-bond donors (Lipinski definition) is 1. The van der Waals surface area contributed by atoms with Crippen molar-refractivity contribution in [2.75, 3.05) is 6.61 Å². The maximum absolute atomic E-state index is 12.1. The summed E-state index contributed by atoms with van der Waals surface area (Å²) in [5, 5.41) is 2.64. The summed E-state index contributed by atoms with van der Waals surface area (Å²) in [7, 11) is 0. The van der Waals surface area contributed by atoms with Gasteiger partial charge in [0.2, 0.25) is 12.2 Å². The van der Waals surface area contributed by atoms with Gasteiger partial charge in [0, 0.05) is 33.8 Å². The molecule has 1 aliphatic rings. The number of rotatable bonds is 7. The minimum absolute atomic E-state index is 0.316. The maximum atomic E-state index is 12.1. The topological polar surface area (TPSA) is 157 Å². The van der Waals surface area contributed by atoms with Gasteiger partial charge in [-0.1, -0.05) is 11.3 Å². The molecule has 3 rings (SSSR count). The molecule has 0 spiro atoms. The van der Waals surface area contributed by atoms with Crippen molar-refractivity contribution in [2.45, 2.75) is 72.2 Å². The highest BCUT2D eigenvalue weighted by Gasteiger charge is 2.52. The first-order chi connectivity index (χ1) is 16.9. The zero-order valence-electron chi connectivity index (χ0n) is 20.6. The van der Waals surface area contributed by atoms with Crippen LogP contribution in [0.4, 0.5) is 0 Å². The number of carbonyl (C=O) groups excluding carboxylic acids is 4. The number of esters is 3. The summed E-state index contributed by atoms with van der Waals surface area (Å²) in [4.78, 5) is 58.7. The predicted molar refractivity (Wildman–Crippen MR) is 124 cm³/mol. The molecule has 0 radical (unpaired) electrons. The zero-order chi connectivity index (χ0) is 26.7. The lowest BCUT2D eigenvalue weighted by Gasteiger charge is -2.44. The number of ether oxygens (including phenoxy) is 5. The molecule has 1 saturated heterocycles. The number of fused-ring (bicyclic) bond motifs is 1. The van der Waals surface area contributed by atoms with Crippen molar-refractivity contribution in [3.63, 3.8) is 0 Å². The van der Waals surface area contributed by atoms with E-state index in [0.717, 1.165) is 25.2 Å². The average molecular weight is 526 g/mol. The van der Waals surface area contributed by atoms with Crippen molar-refractivity contribution in [2.24, 2.45) is 0 Å². The summed E-state index contributed by atoms with van der Waals surface area (Å²) in [6.45, 7) is 7.91. The van der Waals surface area contributed by atoms with Crippen molar-refractivity contribution < 1.29 is 47.3 Å². The first-order valence-electron chi connectivity index (χ1n) is 11.0. The van der Waals surface area contributed by atoms with Crippen molar-refractivity contribution in [1.82, 2.24) is 5.32 Å². The van der Waals surface area contributed by atoms with Crippen LogP contribution < -0.4 is 15.0 Å². The van der Waals surface area contributed by atoms with E-state index in [4.69, 9.17) is 28.1 Å². The van der Waals surface area contributed by atoms with Gasteiger partial charge >= 0.3 is 22.8 Å². The van der Waals surface area contributed by atoms with Crippen LogP contribution in [0, 0.1) is 13.8 Å². The molecule has 2 heterocycles. The summed E-state index contributed by atoms with van der Waals surface area (Å²) in [5.74, 6) is -2.21. The van der Waals surface area contributed by atoms with Gasteiger partial charge in [-0.2, -0.15) is 0 Å². The lowest BCUT2D eigenvalue weighted by atomic mass is 9.96. The quantitative estimate of drug-likeness (QED) is 0.413. The van der Waals surface area contributed by atoms with Crippen molar-refractivity contribution in [3.8, 4) is 5.75 Å². The maximum Gasteiger partial charge on any atom is 0.396 e. The molecule has 1 amide bonds. The van der Waals surface area contributed by atoms with Crippen LogP contribution in [-0.2, 0) is 38.1 Å². The lowest BCUT2D eigenvalue weighted by molar-refractivity contribution is -0.257. The molecule has 1 aromatic heterocycles. The average Bonchev–Trinajstić information content (AvgIpc) is 3.13. The highest BCUT2D eigenvalue weighted by molar-refractivity contribution is 7.16. The van der Waals surface area contributed by atoms with E-state index in [-0.39, 0.29) is 6.61 Å². The Bertz CT molecular complexity index is 1230. The fourth-order valence-electron chi connectivity index (χ4n) is 3.87. The van der Waals surface area contributed by atoms with Crippen LogP contribution in [0.1, 0.15) is 38.8 Å². The van der Waals surface area contributed by atoms with Gasteiger partial charge in [-0.3, -0.25) is 19.2 Å². The Kier molecular flexibility index (Phi) is 8.35. The molecule has 0 saturated carbocycles. The summed E-state index contributed by atoms with van der Waals surface area (Å²) < 4.78 is 33.9. The van der Waals surface area contributed by atoms with Crippen LogP contribution in [-0.4, -0.2) is 61.1 Å². The molecular formula is C23H27NO11S. The Balaban J connectivity index is 2.07. The smallest absolute Gasteiger partial charge is 0.396 e. The molecule has 0 aliphatic carbocycles. The molecule has 1 N–H and O–H groups in total. The van der Waals surface area contributed by atoms with Crippen LogP contribution in [0.2, 0.25) is 0 Å². The number of benzene rings is 1. The predicted octanol–water partition coefficient (Wildman–Crippen LogP) is 1.51. The van der Waals surface area contributed by atoms with Gasteiger partial charge in [0.05, 0.1) is 4.70 Å². The second-order valence-electron chi connectivity index (χ2n) is 8.24. The Morgan fingerprint density at radius 1 is 0.972 bits per heavy atom. The SMILES string of the molecule is CC(=O)N[C@@H]1[C@H](Oc2cc3sc(=O)oc3c(C)c2C)O[C@H](COC(C)=O)[C@@H](OC(C)=O)[C@@H]1OC(C)=O. The van der Waals surface area contributed by atoms with E-state index in [1.54, 1.807) is 19.9 Å². The second kappa shape index (κ2) is 11.1. The molecular weight excluding hydrogens is 498 g/mol. The van der Waals surface area contributed by atoms with Crippen LogP contribution in [0.15, 0.2) is 15.3 Å². The molecule has 36 heavy (non-hydrogen) atoms. The van der Waals surface area contributed by atoms with E-state index >= 15 is 0 Å². The molecule has 1 aliphatic heterocycles. The van der Waals surface area contributed by atoms with Gasteiger partial charge in [0.25, 0.3) is 0 Å². The highest BCUT2D eigenvalue weighted by atomic mass is 32.1. The number of aryl methyl sites for hydroxylation is 1. The lowest BCUT2D eigenvalue weighted by Crippen LogP contribution is -2.67. The second-order valence-corrected chi connectivity index (χ2v) is 9.22. The summed E-state index contributed by atoms with van der Waals surface area (Å²) >= 11 is 0.894. The molecule has 0 unspecified atom stereocenters. The Hall–Kier alpha value is -3.45. The Morgan fingerprint density at radius 2 is 1.61 bits per heavy atom. The number of nitrogens with one attached hydrogen (secondary N) is 1. The summed E-state index contributed by atoms with van der Waals surface area (Å²) in [6, 6.07) is 0.476. The first kappa shape index (κ1) is 27.1. The van der Waals surface area contributed by atoms with Crippen molar-refractivity contribution in [1.29, 1.82) is 0 Å². The van der Waals surface area contributed by atoms with Crippen molar-refractivity contribution >= 4 is 45.4 Å². The van der Waals surface area contributed by atoms with E-state index < -0.39 is 59.4 Å². The number of carbonyl (C=O) groups is 4. The minimum Gasteiger partial charge on any atom is -0.463 e. The number of amides is 1. The third-order valence-corrected chi connectivity index (χ3v) is 6.22. The number of hydrogen-bond acceptors (Lipinski definition) is 12. The van der Waals surface area contributed by atoms with E-state index in [9.17, 15) is 24.0 Å². The largest absolute Gasteiger partial charge is 0.463 e. The van der Waals surface area contributed by atoms with Crippen LogP contribution in [0.3, 0.4) is 0 Å². The van der Waals surface area contributed by atoms with Gasteiger partial charge in [-0.25, -0.2) is 4.79 Å². The first-order valence-corrected chi connectivity index (χ1v) is 11.8. The summed E-state index contributed by atoms with van der Waals surface area (Å²) in [5.41, 5.74) is 1.73. The van der Waals surface area contributed by atoms with E-state index in [1.807, 2.05) is 0 Å². The third kappa shape index (κ3) is 6.21. The Labute approximate surface area is 209 Å². The van der Waals surface area contributed by atoms with E-state index in [2.05, 4.69) is 5.32 Å². The minimum atomic E-state index is -1.27. The molecule has 5 atom stereocenters. The normalized spacial score (nSPS) is 23.6. The molecule has 2 aromatic rings. The zero-order valence-corrected chi connectivity index (χ0v) is 21.4. The van der Waals surface area contributed by atoms with Gasteiger partial charge in [0.1, 0.15) is 24.5 Å². The molecule has 1 fully saturated rings. The molecule has 196 valence electrons. The van der Waals surface area contributed by atoms with Gasteiger partial charge in [-0.05, 0) is 25.0 Å². The van der Waals surface area contributed by atoms with Gasteiger partial charge < -0.3 is 33.4 Å². The third-order valence-electron chi connectivity index (χ3n) is 5.45. The molecule has 0 bridgehead atoms. The van der Waals surface area contributed by atoms with Gasteiger partial charge in [0.15, 0.2) is 17.8 Å². The fourth-order valence-corrected chi connectivity index (χ4v) is 4.63. The summed E-state index contributed by atoms with van der Waals surface area (Å²) in [6.07, 6.45) is -4.85. The van der Waals surface area contributed by atoms with E-state index in [1.165, 1.54) is 13.8 Å². The van der Waals surface area contributed by atoms with Crippen LogP contribution in [0.5, 0.6) is 5.75 Å².